The van der Waals surface area contributed by atoms with Gasteiger partial charge in [0.1, 0.15) is 0 Å². The highest BCUT2D eigenvalue weighted by molar-refractivity contribution is 7.52. The van der Waals surface area contributed by atoms with Gasteiger partial charge in [-0.25, -0.2) is 0 Å². The Bertz CT molecular complexity index is 336. The lowest BCUT2D eigenvalue weighted by molar-refractivity contribution is 0.287. The summed E-state index contributed by atoms with van der Waals surface area (Å²) in [5.74, 6) is 0.470. The summed E-state index contributed by atoms with van der Waals surface area (Å²) >= 11 is 0. The van der Waals surface area contributed by atoms with Gasteiger partial charge in [0, 0.05) is 0 Å². The molecule has 17 heavy (non-hydrogen) atoms. The van der Waals surface area contributed by atoms with Gasteiger partial charge in [-0.3, -0.25) is 4.57 Å². The molecule has 1 fully saturated rings. The van der Waals surface area contributed by atoms with Crippen molar-refractivity contribution in [3.63, 3.8) is 0 Å². The van der Waals surface area contributed by atoms with E-state index in [1.165, 1.54) is 0 Å². The Hall–Kier alpha value is -0.360. The van der Waals surface area contributed by atoms with Crippen LogP contribution >= 0.6 is 7.60 Å². The fourth-order valence-corrected chi connectivity index (χ4v) is 3.43. The summed E-state index contributed by atoms with van der Waals surface area (Å²) in [6, 6.07) is 2.27. The van der Waals surface area contributed by atoms with E-state index in [4.69, 9.17) is 0 Å². The van der Waals surface area contributed by atoms with Crippen LogP contribution in [0, 0.1) is 22.7 Å². The predicted octanol–water partition coefficient (Wildman–Crippen LogP) is 3.05. The van der Waals surface area contributed by atoms with Crippen molar-refractivity contribution in [1.82, 2.24) is 0 Å². The molecule has 1 aliphatic rings. The molecule has 0 spiro atoms. The van der Waals surface area contributed by atoms with Crippen LogP contribution in [0.2, 0.25) is 0 Å². The third-order valence-corrected chi connectivity index (χ3v) is 5.34. The summed E-state index contributed by atoms with van der Waals surface area (Å²) in [4.78, 5) is 18.8. The average Bonchev–Trinajstić information content (AvgIpc) is 3.07. The van der Waals surface area contributed by atoms with E-state index in [0.29, 0.717) is 31.6 Å². The van der Waals surface area contributed by atoms with Crippen molar-refractivity contribution in [1.29, 1.82) is 5.26 Å². The Balaban J connectivity index is 2.77. The van der Waals surface area contributed by atoms with Crippen molar-refractivity contribution in [3.8, 4) is 6.07 Å². The number of hydrogen-bond donors (Lipinski definition) is 2. The molecule has 0 amide bonds. The third-order valence-electron chi connectivity index (χ3n) is 4.00. The van der Waals surface area contributed by atoms with Crippen LogP contribution in [0.15, 0.2) is 0 Å². The van der Waals surface area contributed by atoms with Crippen molar-refractivity contribution in [2.24, 2.45) is 11.3 Å². The number of nitrogens with zero attached hydrogens (tertiary/aromatic N) is 1. The quantitative estimate of drug-likeness (QED) is 0.688. The van der Waals surface area contributed by atoms with E-state index in [0.717, 1.165) is 12.8 Å². The summed E-state index contributed by atoms with van der Waals surface area (Å²) in [7, 11) is -4.08. The molecule has 0 aliphatic heterocycles. The maximum Gasteiger partial charge on any atom is 0.328 e. The van der Waals surface area contributed by atoms with Crippen molar-refractivity contribution < 1.29 is 14.4 Å². The van der Waals surface area contributed by atoms with Gasteiger partial charge in [-0.05, 0) is 31.6 Å². The van der Waals surface area contributed by atoms with Crippen molar-refractivity contribution in [3.05, 3.63) is 0 Å². The molecule has 1 atom stereocenters. The van der Waals surface area contributed by atoms with Crippen molar-refractivity contribution >= 4 is 7.60 Å². The zero-order valence-corrected chi connectivity index (χ0v) is 11.5. The van der Waals surface area contributed by atoms with E-state index in [1.54, 1.807) is 0 Å². The number of nitriles is 1. The largest absolute Gasteiger partial charge is 0.328 e. The molecule has 0 heterocycles. The second kappa shape index (κ2) is 5.52. The second-order valence-electron chi connectivity index (χ2n) is 5.23. The molecular weight excluding hydrogens is 237 g/mol. The minimum atomic E-state index is -4.08. The molecule has 98 valence electrons. The maximum atomic E-state index is 11.5. The number of rotatable bonds is 7. The van der Waals surface area contributed by atoms with Crippen LogP contribution in [0.3, 0.4) is 0 Å². The predicted molar refractivity (Wildman–Crippen MR) is 66.4 cm³/mol. The van der Waals surface area contributed by atoms with Crippen molar-refractivity contribution in [2.75, 3.05) is 0 Å². The molecule has 1 aliphatic carbocycles. The van der Waals surface area contributed by atoms with E-state index in [2.05, 4.69) is 6.07 Å². The molecule has 1 rings (SSSR count). The molecule has 0 aromatic carbocycles. The first-order valence-corrected chi connectivity index (χ1v) is 8.01. The van der Waals surface area contributed by atoms with Gasteiger partial charge >= 0.3 is 7.60 Å². The topological polar surface area (TPSA) is 81.3 Å². The van der Waals surface area contributed by atoms with E-state index < -0.39 is 18.7 Å². The second-order valence-corrected chi connectivity index (χ2v) is 7.13. The lowest BCUT2D eigenvalue weighted by atomic mass is 9.79. The van der Waals surface area contributed by atoms with Gasteiger partial charge in [0.15, 0.2) is 0 Å². The Morgan fingerprint density at radius 2 is 1.94 bits per heavy atom. The molecule has 0 bridgehead atoms. The van der Waals surface area contributed by atoms with Gasteiger partial charge in [0.25, 0.3) is 0 Å². The van der Waals surface area contributed by atoms with Crippen LogP contribution < -0.4 is 0 Å². The molecule has 0 aromatic heterocycles. The molecule has 1 unspecified atom stereocenters. The Kier molecular flexibility index (Phi) is 4.77. The van der Waals surface area contributed by atoms with Crippen LogP contribution in [-0.4, -0.2) is 15.4 Å². The van der Waals surface area contributed by atoms with E-state index in [1.807, 2.05) is 13.8 Å². The van der Waals surface area contributed by atoms with Gasteiger partial charge in [-0.2, -0.15) is 5.26 Å². The zero-order valence-electron chi connectivity index (χ0n) is 10.6. The summed E-state index contributed by atoms with van der Waals surface area (Å²) in [6.45, 7) is 3.83. The van der Waals surface area contributed by atoms with Crippen LogP contribution in [0.1, 0.15) is 52.4 Å². The highest BCUT2D eigenvalue weighted by Crippen LogP contribution is 2.53. The van der Waals surface area contributed by atoms with E-state index >= 15 is 0 Å². The fourth-order valence-electron chi connectivity index (χ4n) is 2.27. The first kappa shape index (κ1) is 14.7. The molecule has 1 saturated carbocycles. The molecule has 2 N–H and O–H groups in total. The Morgan fingerprint density at radius 1 is 1.41 bits per heavy atom. The SMILES string of the molecule is CCC(C#N)(CC)CC(CC1CC1)P(=O)(O)O. The minimum absolute atomic E-state index is 0.331. The molecule has 0 radical (unpaired) electrons. The van der Waals surface area contributed by atoms with Gasteiger partial charge in [0.05, 0.1) is 17.1 Å². The lowest BCUT2D eigenvalue weighted by Gasteiger charge is -2.29. The third kappa shape index (κ3) is 4.10. The summed E-state index contributed by atoms with van der Waals surface area (Å²) in [5.41, 5.74) is -1.20. The fraction of sp³-hybridized carbons (Fsp3) is 0.917. The monoisotopic (exact) mass is 259 g/mol. The summed E-state index contributed by atoms with van der Waals surface area (Å²) in [5, 5.41) is 9.24. The molecule has 0 saturated heterocycles. The average molecular weight is 259 g/mol. The van der Waals surface area contributed by atoms with Gasteiger partial charge in [-0.1, -0.05) is 26.7 Å². The summed E-state index contributed by atoms with van der Waals surface area (Å²) in [6.07, 6.45) is 4.37. The highest BCUT2D eigenvalue weighted by atomic mass is 31.2. The minimum Gasteiger partial charge on any atom is -0.324 e. The van der Waals surface area contributed by atoms with Crippen LogP contribution in [-0.2, 0) is 4.57 Å². The lowest BCUT2D eigenvalue weighted by Crippen LogP contribution is -2.24. The standard InChI is InChI=1S/C12H22NO3P/c1-3-12(4-2,9-13)8-11(17(14,15)16)7-10-5-6-10/h10-11H,3-8H2,1-2H3,(H2,14,15,16). The molecule has 0 aromatic rings. The van der Waals surface area contributed by atoms with Gasteiger partial charge in [-0.15, -0.1) is 0 Å². The van der Waals surface area contributed by atoms with Crippen LogP contribution in [0.5, 0.6) is 0 Å². The van der Waals surface area contributed by atoms with E-state index in [-0.39, 0.29) is 0 Å². The molecule has 5 heteroatoms. The van der Waals surface area contributed by atoms with Gasteiger partial charge in [0.2, 0.25) is 0 Å². The van der Waals surface area contributed by atoms with Crippen LogP contribution in [0.4, 0.5) is 0 Å². The highest BCUT2D eigenvalue weighted by Gasteiger charge is 2.40. The summed E-state index contributed by atoms with van der Waals surface area (Å²) < 4.78 is 11.5. The first-order chi connectivity index (χ1) is 7.87. The van der Waals surface area contributed by atoms with Crippen molar-refractivity contribution in [2.45, 2.75) is 58.0 Å². The number of hydrogen-bond acceptors (Lipinski definition) is 2. The molecular formula is C12H22NO3P. The van der Waals surface area contributed by atoms with E-state index in [9.17, 15) is 19.6 Å². The normalized spacial score (nSPS) is 18.8. The Morgan fingerprint density at radius 3 is 2.24 bits per heavy atom. The van der Waals surface area contributed by atoms with Gasteiger partial charge < -0.3 is 9.79 Å². The first-order valence-electron chi connectivity index (χ1n) is 6.33. The van der Waals surface area contributed by atoms with Crippen LogP contribution in [0.25, 0.3) is 0 Å². The zero-order chi connectivity index (χ0) is 13.1. The Labute approximate surface area is 103 Å². The molecule has 4 nitrogen and oxygen atoms in total. The smallest absolute Gasteiger partial charge is 0.324 e. The maximum absolute atomic E-state index is 11.5.